The van der Waals surface area contributed by atoms with Crippen LogP contribution in [0.1, 0.15) is 23.7 Å². The third kappa shape index (κ3) is 3.03. The summed E-state index contributed by atoms with van der Waals surface area (Å²) >= 11 is 0. The smallest absolute Gasteiger partial charge is 0.252 e. The summed E-state index contributed by atoms with van der Waals surface area (Å²) in [6, 6.07) is 6.51. The number of nitrogens with two attached hydrogens (primary N) is 1. The molecule has 3 heteroatoms. The Labute approximate surface area is 89.7 Å². The molecule has 0 aliphatic carbocycles. The Morgan fingerprint density at radius 1 is 1.53 bits per heavy atom. The fourth-order valence-electron chi connectivity index (χ4n) is 1.14. The van der Waals surface area contributed by atoms with Gasteiger partial charge in [-0.15, -0.1) is 6.42 Å². The summed E-state index contributed by atoms with van der Waals surface area (Å²) in [5, 5.41) is 2.74. The van der Waals surface area contributed by atoms with Crippen LogP contribution in [0, 0.1) is 12.3 Å². The number of anilines is 1. The molecular weight excluding hydrogens is 188 g/mol. The first-order chi connectivity index (χ1) is 7.17. The van der Waals surface area contributed by atoms with Crippen molar-refractivity contribution in [3.8, 4) is 12.3 Å². The fourth-order valence-corrected chi connectivity index (χ4v) is 1.14. The van der Waals surface area contributed by atoms with Crippen LogP contribution in [0.25, 0.3) is 0 Å². The van der Waals surface area contributed by atoms with Gasteiger partial charge >= 0.3 is 0 Å². The van der Waals surface area contributed by atoms with Crippen LogP contribution in [0.2, 0.25) is 0 Å². The summed E-state index contributed by atoms with van der Waals surface area (Å²) in [7, 11) is 0. The zero-order chi connectivity index (χ0) is 11.3. The highest BCUT2D eigenvalue weighted by atomic mass is 16.1. The summed E-state index contributed by atoms with van der Waals surface area (Å²) in [6.45, 7) is 1.92. The standard InChI is InChI=1S/C12H14N2O/c1-3-11(4-2)14-12(15)9-5-7-10(13)8-6-9/h1,5-8,11H,4,13H2,2H3,(H,14,15). The molecule has 1 unspecified atom stereocenters. The Bertz CT molecular complexity index is 376. The SMILES string of the molecule is C#CC(CC)NC(=O)c1ccc(N)cc1. The van der Waals surface area contributed by atoms with E-state index in [4.69, 9.17) is 12.2 Å². The zero-order valence-corrected chi connectivity index (χ0v) is 8.66. The highest BCUT2D eigenvalue weighted by Crippen LogP contribution is 2.05. The molecule has 0 aliphatic heterocycles. The Morgan fingerprint density at radius 2 is 2.13 bits per heavy atom. The lowest BCUT2D eigenvalue weighted by Gasteiger charge is -2.10. The predicted molar refractivity (Wildman–Crippen MR) is 61.2 cm³/mol. The monoisotopic (exact) mass is 202 g/mol. The third-order valence-corrected chi connectivity index (χ3v) is 2.09. The van der Waals surface area contributed by atoms with Crippen LogP contribution in [0.3, 0.4) is 0 Å². The van der Waals surface area contributed by atoms with E-state index in [2.05, 4.69) is 11.2 Å². The second-order valence-electron chi connectivity index (χ2n) is 3.22. The average molecular weight is 202 g/mol. The Hall–Kier alpha value is -1.95. The molecule has 3 nitrogen and oxygen atoms in total. The topological polar surface area (TPSA) is 55.1 Å². The molecular formula is C12H14N2O. The molecule has 0 radical (unpaired) electrons. The maximum Gasteiger partial charge on any atom is 0.252 e. The molecule has 3 N–H and O–H groups in total. The number of nitrogens with one attached hydrogen (secondary N) is 1. The van der Waals surface area contributed by atoms with Gasteiger partial charge in [0.25, 0.3) is 5.91 Å². The minimum absolute atomic E-state index is 0.167. The number of hydrogen-bond donors (Lipinski definition) is 2. The number of carbonyl (C=O) groups is 1. The van der Waals surface area contributed by atoms with Crippen LogP contribution in [0.5, 0.6) is 0 Å². The van der Waals surface area contributed by atoms with Crippen LogP contribution in [-0.2, 0) is 0 Å². The maximum atomic E-state index is 11.6. The quantitative estimate of drug-likeness (QED) is 0.575. The number of terminal acetylenes is 1. The summed E-state index contributed by atoms with van der Waals surface area (Å²) in [5.41, 5.74) is 6.72. The van der Waals surface area contributed by atoms with Gasteiger partial charge in [0.2, 0.25) is 0 Å². The normalized spacial score (nSPS) is 11.5. The van der Waals surface area contributed by atoms with E-state index in [9.17, 15) is 4.79 Å². The Kier molecular flexibility index (Phi) is 3.75. The lowest BCUT2D eigenvalue weighted by Crippen LogP contribution is -2.33. The molecule has 0 aromatic heterocycles. The van der Waals surface area contributed by atoms with Crippen LogP contribution in [0.15, 0.2) is 24.3 Å². The third-order valence-electron chi connectivity index (χ3n) is 2.09. The van der Waals surface area contributed by atoms with Crippen molar-refractivity contribution in [2.24, 2.45) is 0 Å². The molecule has 0 aliphatic rings. The van der Waals surface area contributed by atoms with Crippen LogP contribution in [-0.4, -0.2) is 11.9 Å². The van der Waals surface area contributed by atoms with Crippen molar-refractivity contribution in [3.05, 3.63) is 29.8 Å². The van der Waals surface area contributed by atoms with E-state index in [1.807, 2.05) is 6.92 Å². The highest BCUT2D eigenvalue weighted by Gasteiger charge is 2.08. The van der Waals surface area contributed by atoms with Crippen molar-refractivity contribution in [2.45, 2.75) is 19.4 Å². The molecule has 78 valence electrons. The first-order valence-electron chi connectivity index (χ1n) is 4.80. The van der Waals surface area contributed by atoms with Gasteiger partial charge in [-0.3, -0.25) is 4.79 Å². The molecule has 1 amide bonds. The molecule has 0 saturated carbocycles. The Morgan fingerprint density at radius 3 is 2.60 bits per heavy atom. The van der Waals surface area contributed by atoms with Crippen molar-refractivity contribution in [1.29, 1.82) is 0 Å². The second kappa shape index (κ2) is 5.06. The van der Waals surface area contributed by atoms with Crippen molar-refractivity contribution in [1.82, 2.24) is 5.32 Å². The van der Waals surface area contributed by atoms with Crippen LogP contribution < -0.4 is 11.1 Å². The van der Waals surface area contributed by atoms with Gasteiger partial charge < -0.3 is 11.1 Å². The van der Waals surface area contributed by atoms with Crippen LogP contribution in [0.4, 0.5) is 5.69 Å². The number of carbonyl (C=O) groups excluding carboxylic acids is 1. The average Bonchev–Trinajstić information content (AvgIpc) is 2.26. The van der Waals surface area contributed by atoms with Gasteiger partial charge in [-0.2, -0.15) is 0 Å². The van der Waals surface area contributed by atoms with Crippen LogP contribution >= 0.6 is 0 Å². The fraction of sp³-hybridized carbons (Fsp3) is 0.250. The second-order valence-corrected chi connectivity index (χ2v) is 3.22. The van der Waals surface area contributed by atoms with Crippen molar-refractivity contribution in [3.63, 3.8) is 0 Å². The number of amides is 1. The zero-order valence-electron chi connectivity index (χ0n) is 8.66. The summed E-state index contributed by atoms with van der Waals surface area (Å²) in [5.74, 6) is 2.34. The van der Waals surface area contributed by atoms with Gasteiger partial charge in [0, 0.05) is 11.3 Å². The highest BCUT2D eigenvalue weighted by molar-refractivity contribution is 5.94. The van der Waals surface area contributed by atoms with E-state index in [1.165, 1.54) is 0 Å². The molecule has 1 aromatic rings. The molecule has 0 fully saturated rings. The van der Waals surface area contributed by atoms with Gasteiger partial charge in [0.15, 0.2) is 0 Å². The molecule has 15 heavy (non-hydrogen) atoms. The van der Waals surface area contributed by atoms with Gasteiger partial charge in [-0.1, -0.05) is 12.8 Å². The molecule has 0 spiro atoms. The van der Waals surface area contributed by atoms with Gasteiger partial charge in [0.05, 0.1) is 6.04 Å². The largest absolute Gasteiger partial charge is 0.399 e. The van der Waals surface area contributed by atoms with Gasteiger partial charge in [-0.05, 0) is 30.7 Å². The number of nitrogen functional groups attached to an aromatic ring is 1. The minimum Gasteiger partial charge on any atom is -0.399 e. The Balaban J connectivity index is 2.70. The first-order valence-corrected chi connectivity index (χ1v) is 4.80. The summed E-state index contributed by atoms with van der Waals surface area (Å²) < 4.78 is 0. The van der Waals surface area contributed by atoms with Crippen molar-refractivity contribution < 1.29 is 4.79 Å². The predicted octanol–water partition coefficient (Wildman–Crippen LogP) is 1.41. The molecule has 0 saturated heterocycles. The molecule has 1 atom stereocenters. The molecule has 0 bridgehead atoms. The van der Waals surface area contributed by atoms with Crippen molar-refractivity contribution >= 4 is 11.6 Å². The van der Waals surface area contributed by atoms with E-state index in [-0.39, 0.29) is 11.9 Å². The molecule has 1 rings (SSSR count). The molecule has 0 heterocycles. The van der Waals surface area contributed by atoms with E-state index in [1.54, 1.807) is 24.3 Å². The number of hydrogen-bond acceptors (Lipinski definition) is 2. The summed E-state index contributed by atoms with van der Waals surface area (Å²) in [6.07, 6.45) is 5.97. The number of benzene rings is 1. The van der Waals surface area contributed by atoms with E-state index < -0.39 is 0 Å². The first kappa shape index (κ1) is 11.1. The molecule has 1 aromatic carbocycles. The van der Waals surface area contributed by atoms with E-state index in [0.29, 0.717) is 11.3 Å². The van der Waals surface area contributed by atoms with E-state index in [0.717, 1.165) is 6.42 Å². The summed E-state index contributed by atoms with van der Waals surface area (Å²) in [4.78, 5) is 11.6. The lowest BCUT2D eigenvalue weighted by atomic mass is 10.1. The van der Waals surface area contributed by atoms with Gasteiger partial charge in [0.1, 0.15) is 0 Å². The van der Waals surface area contributed by atoms with Crippen molar-refractivity contribution in [2.75, 3.05) is 5.73 Å². The lowest BCUT2D eigenvalue weighted by molar-refractivity contribution is 0.0945. The maximum absolute atomic E-state index is 11.6. The van der Waals surface area contributed by atoms with Gasteiger partial charge in [-0.25, -0.2) is 0 Å². The number of rotatable bonds is 3. The van der Waals surface area contributed by atoms with E-state index >= 15 is 0 Å². The minimum atomic E-state index is -0.213.